The summed E-state index contributed by atoms with van der Waals surface area (Å²) in [7, 11) is 4.14. The molecule has 0 spiro atoms. The molecule has 2 rings (SSSR count). The lowest BCUT2D eigenvalue weighted by Gasteiger charge is -2.36. The molecule has 1 saturated heterocycles. The van der Waals surface area contributed by atoms with Crippen molar-refractivity contribution in [3.8, 4) is 0 Å². The Labute approximate surface area is 108 Å². The Morgan fingerprint density at radius 2 is 2.22 bits per heavy atom. The number of nitrogen functional groups attached to an aromatic ring is 1. The first-order valence-corrected chi connectivity index (χ1v) is 6.39. The second-order valence-electron chi connectivity index (χ2n) is 5.14. The van der Waals surface area contributed by atoms with Gasteiger partial charge in [0.05, 0.1) is 0 Å². The van der Waals surface area contributed by atoms with Crippen molar-refractivity contribution in [2.45, 2.75) is 18.9 Å². The number of carbonyl (C=O) groups excluding carboxylic acids is 1. The first-order chi connectivity index (χ1) is 8.58. The lowest BCUT2D eigenvalue weighted by molar-refractivity contribution is 0.0635. The number of piperidine rings is 1. The number of likely N-dealkylation sites (tertiary alicyclic amines) is 1. The fourth-order valence-electron chi connectivity index (χ4n) is 2.41. The van der Waals surface area contributed by atoms with E-state index in [0.717, 1.165) is 25.9 Å². The van der Waals surface area contributed by atoms with Crippen LogP contribution >= 0.6 is 0 Å². The lowest BCUT2D eigenvalue weighted by Crippen LogP contribution is -2.47. The van der Waals surface area contributed by atoms with Crippen LogP contribution in [0.5, 0.6) is 0 Å². The van der Waals surface area contributed by atoms with Crippen LogP contribution in [0.2, 0.25) is 0 Å². The second kappa shape index (κ2) is 5.40. The van der Waals surface area contributed by atoms with Crippen molar-refractivity contribution in [3.05, 3.63) is 29.8 Å². The number of nitrogens with zero attached hydrogens (tertiary/aromatic N) is 2. The summed E-state index contributed by atoms with van der Waals surface area (Å²) < 4.78 is 0. The standard InChI is InChI=1S/C14H21N3O/c1-16(2)13-7-4-8-17(10-13)14(18)11-5-3-6-12(15)9-11/h3,5-6,9,13H,4,7-8,10,15H2,1-2H3. The predicted octanol–water partition coefficient (Wildman–Crippen LogP) is 1.43. The molecule has 0 aliphatic carbocycles. The summed E-state index contributed by atoms with van der Waals surface area (Å²) in [6, 6.07) is 7.68. The number of likely N-dealkylation sites (N-methyl/N-ethyl adjacent to an activating group) is 1. The highest BCUT2D eigenvalue weighted by molar-refractivity contribution is 5.95. The van der Waals surface area contributed by atoms with Crippen LogP contribution < -0.4 is 5.73 Å². The van der Waals surface area contributed by atoms with Crippen molar-refractivity contribution in [1.82, 2.24) is 9.80 Å². The number of nitrogens with two attached hydrogens (primary N) is 1. The van der Waals surface area contributed by atoms with Gasteiger partial charge in [-0.1, -0.05) is 6.07 Å². The highest BCUT2D eigenvalue weighted by Crippen LogP contribution is 2.17. The molecule has 0 radical (unpaired) electrons. The smallest absolute Gasteiger partial charge is 0.253 e. The minimum atomic E-state index is 0.0915. The highest BCUT2D eigenvalue weighted by Gasteiger charge is 2.25. The van der Waals surface area contributed by atoms with E-state index in [0.29, 0.717) is 17.3 Å². The minimum Gasteiger partial charge on any atom is -0.399 e. The first kappa shape index (κ1) is 12.9. The Morgan fingerprint density at radius 3 is 2.89 bits per heavy atom. The van der Waals surface area contributed by atoms with Crippen LogP contribution in [0.25, 0.3) is 0 Å². The Kier molecular flexibility index (Phi) is 3.87. The van der Waals surface area contributed by atoms with Gasteiger partial charge in [-0.25, -0.2) is 0 Å². The number of amides is 1. The van der Waals surface area contributed by atoms with Gasteiger partial charge in [0.1, 0.15) is 0 Å². The molecule has 4 heteroatoms. The van der Waals surface area contributed by atoms with Crippen molar-refractivity contribution in [2.75, 3.05) is 32.9 Å². The molecular weight excluding hydrogens is 226 g/mol. The number of hydrogen-bond donors (Lipinski definition) is 1. The van der Waals surface area contributed by atoms with Crippen LogP contribution in [0.15, 0.2) is 24.3 Å². The van der Waals surface area contributed by atoms with E-state index >= 15 is 0 Å². The van der Waals surface area contributed by atoms with Crippen molar-refractivity contribution in [2.24, 2.45) is 0 Å². The van der Waals surface area contributed by atoms with Gasteiger partial charge < -0.3 is 15.5 Å². The first-order valence-electron chi connectivity index (χ1n) is 6.39. The van der Waals surface area contributed by atoms with Gasteiger partial charge in [0.2, 0.25) is 0 Å². The van der Waals surface area contributed by atoms with E-state index in [2.05, 4.69) is 19.0 Å². The van der Waals surface area contributed by atoms with Crippen molar-refractivity contribution >= 4 is 11.6 Å². The Hall–Kier alpha value is -1.55. The molecule has 1 heterocycles. The molecule has 1 aliphatic heterocycles. The Morgan fingerprint density at radius 1 is 1.44 bits per heavy atom. The van der Waals surface area contributed by atoms with Gasteiger partial charge in [-0.3, -0.25) is 4.79 Å². The molecule has 1 fully saturated rings. The van der Waals surface area contributed by atoms with Gasteiger partial charge in [0.25, 0.3) is 5.91 Å². The summed E-state index contributed by atoms with van der Waals surface area (Å²) in [5, 5.41) is 0. The molecule has 1 aromatic rings. The van der Waals surface area contributed by atoms with E-state index in [9.17, 15) is 4.79 Å². The van der Waals surface area contributed by atoms with E-state index in [1.165, 1.54) is 0 Å². The van der Waals surface area contributed by atoms with Crippen molar-refractivity contribution < 1.29 is 4.79 Å². The molecule has 0 aromatic heterocycles. The SMILES string of the molecule is CN(C)C1CCCN(C(=O)c2cccc(N)c2)C1. The van der Waals surface area contributed by atoms with Crippen molar-refractivity contribution in [3.63, 3.8) is 0 Å². The normalized spacial score (nSPS) is 20.2. The molecule has 2 N–H and O–H groups in total. The monoisotopic (exact) mass is 247 g/mol. The van der Waals surface area contributed by atoms with Gasteiger partial charge in [0.15, 0.2) is 0 Å². The summed E-state index contributed by atoms with van der Waals surface area (Å²) >= 11 is 0. The van der Waals surface area contributed by atoms with Crippen molar-refractivity contribution in [1.29, 1.82) is 0 Å². The molecule has 0 saturated carbocycles. The molecular formula is C14H21N3O. The highest BCUT2D eigenvalue weighted by atomic mass is 16.2. The van der Waals surface area contributed by atoms with Gasteiger partial charge in [-0.15, -0.1) is 0 Å². The predicted molar refractivity (Wildman–Crippen MR) is 73.5 cm³/mol. The third kappa shape index (κ3) is 2.82. The van der Waals surface area contributed by atoms with Gasteiger partial charge in [-0.2, -0.15) is 0 Å². The topological polar surface area (TPSA) is 49.6 Å². The maximum atomic E-state index is 12.4. The zero-order chi connectivity index (χ0) is 13.1. The average Bonchev–Trinajstić information content (AvgIpc) is 2.38. The van der Waals surface area contributed by atoms with E-state index < -0.39 is 0 Å². The molecule has 1 aromatic carbocycles. The summed E-state index contributed by atoms with van der Waals surface area (Å²) in [5.41, 5.74) is 7.05. The fourth-order valence-corrected chi connectivity index (χ4v) is 2.41. The van der Waals surface area contributed by atoms with Crippen LogP contribution in [-0.4, -0.2) is 48.9 Å². The fraction of sp³-hybridized carbons (Fsp3) is 0.500. The zero-order valence-electron chi connectivity index (χ0n) is 11.1. The average molecular weight is 247 g/mol. The lowest BCUT2D eigenvalue weighted by atomic mass is 10.0. The molecule has 1 atom stereocenters. The molecule has 1 unspecified atom stereocenters. The van der Waals surface area contributed by atoms with Gasteiger partial charge >= 0.3 is 0 Å². The summed E-state index contributed by atoms with van der Waals surface area (Å²) in [6.45, 7) is 1.65. The quantitative estimate of drug-likeness (QED) is 0.804. The Balaban J connectivity index is 2.09. The maximum absolute atomic E-state index is 12.4. The van der Waals surface area contributed by atoms with E-state index in [1.54, 1.807) is 12.1 Å². The molecule has 0 bridgehead atoms. The zero-order valence-corrected chi connectivity index (χ0v) is 11.1. The van der Waals surface area contributed by atoms with Crippen LogP contribution in [0.1, 0.15) is 23.2 Å². The van der Waals surface area contributed by atoms with E-state index in [-0.39, 0.29) is 5.91 Å². The minimum absolute atomic E-state index is 0.0915. The molecule has 4 nitrogen and oxygen atoms in total. The second-order valence-corrected chi connectivity index (χ2v) is 5.14. The van der Waals surface area contributed by atoms with Crippen LogP contribution in [0.3, 0.4) is 0 Å². The third-order valence-electron chi connectivity index (χ3n) is 3.55. The number of anilines is 1. The number of rotatable bonds is 2. The number of benzene rings is 1. The number of hydrogen-bond acceptors (Lipinski definition) is 3. The van der Waals surface area contributed by atoms with Crippen LogP contribution in [-0.2, 0) is 0 Å². The molecule has 1 amide bonds. The molecule has 1 aliphatic rings. The Bertz CT molecular complexity index is 431. The van der Waals surface area contributed by atoms with Gasteiger partial charge in [-0.05, 0) is 45.1 Å². The molecule has 18 heavy (non-hydrogen) atoms. The largest absolute Gasteiger partial charge is 0.399 e. The van der Waals surface area contributed by atoms with E-state index in [4.69, 9.17) is 5.73 Å². The maximum Gasteiger partial charge on any atom is 0.253 e. The summed E-state index contributed by atoms with van der Waals surface area (Å²) in [4.78, 5) is 16.5. The van der Waals surface area contributed by atoms with E-state index in [1.807, 2.05) is 17.0 Å². The molecule has 98 valence electrons. The third-order valence-corrected chi connectivity index (χ3v) is 3.55. The summed E-state index contributed by atoms with van der Waals surface area (Å²) in [6.07, 6.45) is 2.23. The van der Waals surface area contributed by atoms with Gasteiger partial charge in [0, 0.05) is 30.4 Å². The number of carbonyl (C=O) groups is 1. The van der Waals surface area contributed by atoms with Crippen LogP contribution in [0, 0.1) is 0 Å². The summed E-state index contributed by atoms with van der Waals surface area (Å²) in [5.74, 6) is 0.0915. The van der Waals surface area contributed by atoms with Crippen LogP contribution in [0.4, 0.5) is 5.69 Å².